The topological polar surface area (TPSA) is 77.3 Å². The van der Waals surface area contributed by atoms with Crippen LogP contribution in [0.2, 0.25) is 0 Å². The minimum atomic E-state index is -0.582. The van der Waals surface area contributed by atoms with E-state index in [-0.39, 0.29) is 6.10 Å². The van der Waals surface area contributed by atoms with Gasteiger partial charge in [0.25, 0.3) is 0 Å². The molecule has 25 heavy (non-hydrogen) atoms. The first-order valence-corrected chi connectivity index (χ1v) is 8.44. The average Bonchev–Trinajstić information content (AvgIpc) is 2.97. The molecule has 0 fully saturated rings. The Morgan fingerprint density at radius 2 is 2.00 bits per heavy atom. The number of rotatable bonds is 4. The highest BCUT2D eigenvalue weighted by molar-refractivity contribution is 9.10. The van der Waals surface area contributed by atoms with Gasteiger partial charge in [0.2, 0.25) is 5.76 Å². The van der Waals surface area contributed by atoms with Gasteiger partial charge in [0.1, 0.15) is 23.2 Å². The Bertz CT molecular complexity index is 863. The van der Waals surface area contributed by atoms with Crippen molar-refractivity contribution < 1.29 is 14.1 Å². The Morgan fingerprint density at radius 1 is 1.24 bits per heavy atom. The zero-order valence-corrected chi connectivity index (χ0v) is 15.3. The van der Waals surface area contributed by atoms with Crippen LogP contribution in [0.15, 0.2) is 57.7 Å². The number of hydrogen-bond donors (Lipinski definition) is 1. The molecular formula is C18H16BrN3O3. The van der Waals surface area contributed by atoms with Crippen LogP contribution in [0.4, 0.5) is 10.5 Å². The van der Waals surface area contributed by atoms with E-state index < -0.39 is 6.09 Å². The second-order valence-electron chi connectivity index (χ2n) is 5.42. The first-order chi connectivity index (χ1) is 12.0. The summed E-state index contributed by atoms with van der Waals surface area (Å²) in [6.45, 7) is 3.55. The summed E-state index contributed by atoms with van der Waals surface area (Å²) in [6.07, 6.45) is 0.684. The maximum Gasteiger partial charge on any atom is 0.412 e. The van der Waals surface area contributed by atoms with E-state index in [9.17, 15) is 4.79 Å². The predicted molar refractivity (Wildman–Crippen MR) is 97.1 cm³/mol. The maximum atomic E-state index is 12.3. The molecule has 1 atom stereocenters. The lowest BCUT2D eigenvalue weighted by molar-refractivity contribution is 0.121. The lowest BCUT2D eigenvalue weighted by Gasteiger charge is -2.14. The number of benzene rings is 1. The molecule has 0 aliphatic rings. The van der Waals surface area contributed by atoms with E-state index in [1.54, 1.807) is 19.2 Å². The Kier molecular flexibility index (Phi) is 5.14. The third kappa shape index (κ3) is 4.06. The van der Waals surface area contributed by atoms with Crippen molar-refractivity contribution in [2.75, 3.05) is 5.32 Å². The Hall–Kier alpha value is -2.67. The lowest BCUT2D eigenvalue weighted by Crippen LogP contribution is -2.16. The van der Waals surface area contributed by atoms with Crippen LogP contribution in [0.1, 0.15) is 24.3 Å². The first kappa shape index (κ1) is 17.2. The zero-order valence-electron chi connectivity index (χ0n) is 13.7. The molecule has 7 heteroatoms. The zero-order chi connectivity index (χ0) is 17.8. The Labute approximate surface area is 153 Å². The molecule has 0 aliphatic heterocycles. The molecule has 0 bridgehead atoms. The molecule has 1 N–H and O–H groups in total. The largest absolute Gasteiger partial charge is 0.441 e. The van der Waals surface area contributed by atoms with Gasteiger partial charge in [-0.05, 0) is 47.5 Å². The van der Waals surface area contributed by atoms with E-state index in [1.165, 1.54) is 0 Å². The fourth-order valence-electron chi connectivity index (χ4n) is 2.29. The summed E-state index contributed by atoms with van der Waals surface area (Å²) in [5.41, 5.74) is 2.47. The van der Waals surface area contributed by atoms with E-state index in [1.807, 2.05) is 43.3 Å². The molecular weight excluding hydrogens is 386 g/mol. The van der Waals surface area contributed by atoms with E-state index in [2.05, 4.69) is 31.4 Å². The van der Waals surface area contributed by atoms with Crippen LogP contribution in [0.25, 0.3) is 11.5 Å². The number of nitrogens with zero attached hydrogens (tertiary/aromatic N) is 2. The molecule has 0 aliphatic carbocycles. The van der Waals surface area contributed by atoms with E-state index in [0.29, 0.717) is 22.8 Å². The molecule has 2 heterocycles. The van der Waals surface area contributed by atoms with Crippen LogP contribution in [0, 0.1) is 6.92 Å². The maximum absolute atomic E-state index is 12.3. The average molecular weight is 402 g/mol. The standard InChI is InChI=1S/C18H16BrN3O3/c1-11-16(17(25-22-11)15-9-8-14(19)10-20-15)21-18(23)24-12(2)13-6-4-3-5-7-13/h3-10,12H,1-2H3,(H,21,23). The van der Waals surface area contributed by atoms with Crippen molar-refractivity contribution in [3.8, 4) is 11.5 Å². The van der Waals surface area contributed by atoms with Crippen LogP contribution < -0.4 is 5.32 Å². The van der Waals surface area contributed by atoms with Gasteiger partial charge in [-0.25, -0.2) is 4.79 Å². The van der Waals surface area contributed by atoms with Crippen molar-refractivity contribution in [3.63, 3.8) is 0 Å². The number of amides is 1. The third-order valence-corrected chi connectivity index (χ3v) is 4.07. The van der Waals surface area contributed by atoms with Crippen LogP contribution in [0.5, 0.6) is 0 Å². The number of ether oxygens (including phenoxy) is 1. The van der Waals surface area contributed by atoms with Crippen LogP contribution in [-0.2, 0) is 4.74 Å². The van der Waals surface area contributed by atoms with Crippen molar-refractivity contribution in [1.29, 1.82) is 0 Å². The number of carbonyl (C=O) groups excluding carboxylic acids is 1. The van der Waals surface area contributed by atoms with Crippen LogP contribution >= 0.6 is 15.9 Å². The summed E-state index contributed by atoms with van der Waals surface area (Å²) in [4.78, 5) is 16.5. The van der Waals surface area contributed by atoms with Gasteiger partial charge >= 0.3 is 6.09 Å². The number of anilines is 1. The first-order valence-electron chi connectivity index (χ1n) is 7.65. The summed E-state index contributed by atoms with van der Waals surface area (Å²) in [5.74, 6) is 0.384. The molecule has 2 aromatic heterocycles. The molecule has 1 unspecified atom stereocenters. The van der Waals surface area contributed by atoms with Gasteiger partial charge in [-0.2, -0.15) is 0 Å². The molecule has 1 amide bonds. The number of nitrogens with one attached hydrogen (secondary N) is 1. The summed E-state index contributed by atoms with van der Waals surface area (Å²) in [6, 6.07) is 13.1. The highest BCUT2D eigenvalue weighted by Gasteiger charge is 2.20. The quantitative estimate of drug-likeness (QED) is 0.656. The summed E-state index contributed by atoms with van der Waals surface area (Å²) < 4.78 is 11.6. The van der Waals surface area contributed by atoms with Gasteiger partial charge in [0, 0.05) is 10.7 Å². The number of aromatic nitrogens is 2. The van der Waals surface area contributed by atoms with E-state index >= 15 is 0 Å². The molecule has 0 radical (unpaired) electrons. The van der Waals surface area contributed by atoms with Crippen molar-refractivity contribution in [2.24, 2.45) is 0 Å². The molecule has 0 saturated heterocycles. The molecule has 128 valence electrons. The van der Waals surface area contributed by atoms with E-state index in [0.717, 1.165) is 10.0 Å². The van der Waals surface area contributed by atoms with Crippen molar-refractivity contribution in [3.05, 3.63) is 64.4 Å². The number of hydrogen-bond acceptors (Lipinski definition) is 5. The summed E-state index contributed by atoms with van der Waals surface area (Å²) in [5, 5.41) is 6.61. The highest BCUT2D eigenvalue weighted by Crippen LogP contribution is 2.30. The molecule has 0 saturated carbocycles. The van der Waals surface area contributed by atoms with Crippen LogP contribution in [-0.4, -0.2) is 16.2 Å². The second kappa shape index (κ2) is 7.48. The fourth-order valence-corrected chi connectivity index (χ4v) is 2.52. The molecule has 0 spiro atoms. The number of pyridine rings is 1. The molecule has 1 aromatic carbocycles. The molecule has 3 aromatic rings. The normalized spacial score (nSPS) is 11.8. The van der Waals surface area contributed by atoms with Gasteiger partial charge in [-0.3, -0.25) is 10.3 Å². The third-order valence-electron chi connectivity index (χ3n) is 3.60. The number of aryl methyl sites for hydroxylation is 1. The minimum Gasteiger partial charge on any atom is -0.441 e. The van der Waals surface area contributed by atoms with E-state index in [4.69, 9.17) is 9.26 Å². The van der Waals surface area contributed by atoms with Crippen molar-refractivity contribution in [2.45, 2.75) is 20.0 Å². The van der Waals surface area contributed by atoms with Gasteiger partial charge in [-0.15, -0.1) is 0 Å². The number of carbonyl (C=O) groups is 1. The van der Waals surface area contributed by atoms with Crippen LogP contribution in [0.3, 0.4) is 0 Å². The van der Waals surface area contributed by atoms with Gasteiger partial charge in [0.15, 0.2) is 0 Å². The van der Waals surface area contributed by atoms with Gasteiger partial charge < -0.3 is 9.26 Å². The van der Waals surface area contributed by atoms with Gasteiger partial charge in [0.05, 0.1) is 0 Å². The monoisotopic (exact) mass is 401 g/mol. The smallest absolute Gasteiger partial charge is 0.412 e. The van der Waals surface area contributed by atoms with Crippen molar-refractivity contribution in [1.82, 2.24) is 10.1 Å². The summed E-state index contributed by atoms with van der Waals surface area (Å²) >= 11 is 3.33. The Morgan fingerprint density at radius 3 is 2.68 bits per heavy atom. The second-order valence-corrected chi connectivity index (χ2v) is 6.33. The summed E-state index contributed by atoms with van der Waals surface area (Å²) in [7, 11) is 0. The molecule has 3 rings (SSSR count). The van der Waals surface area contributed by atoms with Gasteiger partial charge in [-0.1, -0.05) is 35.5 Å². The van der Waals surface area contributed by atoms with Crippen molar-refractivity contribution >= 4 is 27.7 Å². The predicted octanol–water partition coefficient (Wildman–Crippen LogP) is 5.12. The fraction of sp³-hybridized carbons (Fsp3) is 0.167. The number of halogens is 1. The lowest BCUT2D eigenvalue weighted by atomic mass is 10.1. The highest BCUT2D eigenvalue weighted by atomic mass is 79.9. The Balaban J connectivity index is 1.75. The minimum absolute atomic E-state index is 0.379. The molecule has 6 nitrogen and oxygen atoms in total. The SMILES string of the molecule is Cc1noc(-c2ccc(Br)cn2)c1NC(=O)OC(C)c1ccccc1.